The van der Waals surface area contributed by atoms with E-state index in [1.165, 1.54) is 5.56 Å². The first kappa shape index (κ1) is 18.9. The molecule has 3 rings (SSSR count). The van der Waals surface area contributed by atoms with Gasteiger partial charge in [0.05, 0.1) is 11.6 Å². The van der Waals surface area contributed by atoms with E-state index in [0.29, 0.717) is 17.7 Å². The number of fused-ring (bicyclic) bond motifs is 1. The van der Waals surface area contributed by atoms with E-state index in [9.17, 15) is 4.79 Å². The highest BCUT2D eigenvalue weighted by atomic mass is 16.4. The van der Waals surface area contributed by atoms with Gasteiger partial charge in [-0.25, -0.2) is 4.79 Å². The van der Waals surface area contributed by atoms with Crippen LogP contribution in [-0.2, 0) is 6.54 Å². The molecule has 0 saturated carbocycles. The second-order valence-electron chi connectivity index (χ2n) is 7.00. The first-order valence-corrected chi connectivity index (χ1v) is 9.21. The van der Waals surface area contributed by atoms with E-state index in [2.05, 4.69) is 37.8 Å². The summed E-state index contributed by atoms with van der Waals surface area (Å²) in [7, 11) is 0. The average molecular weight is 360 g/mol. The van der Waals surface area contributed by atoms with Crippen molar-refractivity contribution in [1.82, 2.24) is 4.90 Å². The summed E-state index contributed by atoms with van der Waals surface area (Å²) in [4.78, 5) is 14.4. The molecule has 1 atom stereocenters. The topological polar surface area (TPSA) is 57.2 Å². The lowest BCUT2D eigenvalue weighted by atomic mass is 10.0. The Labute approximate surface area is 159 Å². The number of benzene rings is 2. The highest BCUT2D eigenvalue weighted by Crippen LogP contribution is 2.26. The molecule has 138 valence electrons. The number of nitrogens with zero attached hydrogens (tertiary/aromatic N) is 2. The van der Waals surface area contributed by atoms with Crippen molar-refractivity contribution in [2.45, 2.75) is 40.3 Å². The van der Waals surface area contributed by atoms with Crippen molar-refractivity contribution >= 4 is 11.0 Å². The van der Waals surface area contributed by atoms with Crippen LogP contribution in [0.25, 0.3) is 11.0 Å². The van der Waals surface area contributed by atoms with Crippen molar-refractivity contribution < 1.29 is 4.42 Å². The average Bonchev–Trinajstić information content (AvgIpc) is 2.67. The number of nitriles is 1. The highest BCUT2D eigenvalue weighted by Gasteiger charge is 2.17. The Bertz CT molecular complexity index is 1060. The van der Waals surface area contributed by atoms with Gasteiger partial charge in [-0.2, -0.15) is 5.26 Å². The molecule has 4 heteroatoms. The number of hydrogen-bond donors (Lipinski definition) is 0. The maximum atomic E-state index is 12.1. The fraction of sp³-hybridized carbons (Fsp3) is 0.304. The summed E-state index contributed by atoms with van der Waals surface area (Å²) in [6.45, 7) is 9.85. The molecule has 0 fully saturated rings. The van der Waals surface area contributed by atoms with Crippen molar-refractivity contribution in [2.24, 2.45) is 0 Å². The Morgan fingerprint density at radius 2 is 1.78 bits per heavy atom. The number of hydrogen-bond acceptors (Lipinski definition) is 4. The quantitative estimate of drug-likeness (QED) is 0.610. The van der Waals surface area contributed by atoms with Crippen LogP contribution < -0.4 is 5.63 Å². The molecule has 0 N–H and O–H groups in total. The van der Waals surface area contributed by atoms with E-state index in [1.54, 1.807) is 6.07 Å². The second-order valence-corrected chi connectivity index (χ2v) is 7.00. The Morgan fingerprint density at radius 1 is 1.11 bits per heavy atom. The molecular formula is C23H24N2O2. The molecule has 0 spiro atoms. The van der Waals surface area contributed by atoms with Crippen molar-refractivity contribution in [1.29, 1.82) is 5.26 Å². The molecule has 1 unspecified atom stereocenters. The molecule has 0 saturated heterocycles. The van der Waals surface area contributed by atoms with Gasteiger partial charge in [-0.1, -0.05) is 19.1 Å². The summed E-state index contributed by atoms with van der Waals surface area (Å²) in [5.41, 5.74) is 5.40. The van der Waals surface area contributed by atoms with Gasteiger partial charge in [-0.3, -0.25) is 4.90 Å². The Kier molecular flexibility index (Phi) is 5.43. The Morgan fingerprint density at radius 3 is 2.41 bits per heavy atom. The highest BCUT2D eigenvalue weighted by molar-refractivity contribution is 5.81. The summed E-state index contributed by atoms with van der Waals surface area (Å²) < 4.78 is 5.42. The number of rotatable bonds is 5. The Balaban J connectivity index is 1.97. The number of aryl methyl sites for hydroxylation is 2. The van der Waals surface area contributed by atoms with E-state index in [1.807, 2.05) is 37.3 Å². The van der Waals surface area contributed by atoms with Crippen molar-refractivity contribution in [3.05, 3.63) is 80.7 Å². The molecule has 0 aliphatic heterocycles. The molecule has 0 aliphatic rings. The lowest BCUT2D eigenvalue weighted by Gasteiger charge is -2.28. The molecule has 0 bridgehead atoms. The zero-order chi connectivity index (χ0) is 19.6. The Hall–Kier alpha value is -2.90. The van der Waals surface area contributed by atoms with Crippen molar-refractivity contribution in [2.75, 3.05) is 6.54 Å². The van der Waals surface area contributed by atoms with Crippen LogP contribution in [0.2, 0.25) is 0 Å². The molecule has 4 nitrogen and oxygen atoms in total. The van der Waals surface area contributed by atoms with Crippen LogP contribution in [-0.4, -0.2) is 11.4 Å². The van der Waals surface area contributed by atoms with E-state index >= 15 is 0 Å². The van der Waals surface area contributed by atoms with Gasteiger partial charge in [0.15, 0.2) is 0 Å². The third kappa shape index (κ3) is 3.94. The predicted octanol–water partition coefficient (Wildman–Crippen LogP) is 4.86. The van der Waals surface area contributed by atoms with E-state index in [-0.39, 0.29) is 11.7 Å². The van der Waals surface area contributed by atoms with Gasteiger partial charge in [0.25, 0.3) is 0 Å². The zero-order valence-corrected chi connectivity index (χ0v) is 16.2. The molecule has 0 radical (unpaired) electrons. The van der Waals surface area contributed by atoms with Gasteiger partial charge >= 0.3 is 5.63 Å². The third-order valence-corrected chi connectivity index (χ3v) is 5.29. The van der Waals surface area contributed by atoms with Crippen LogP contribution >= 0.6 is 0 Å². The first-order chi connectivity index (χ1) is 12.9. The monoisotopic (exact) mass is 360 g/mol. The summed E-state index contributed by atoms with van der Waals surface area (Å²) in [5, 5.41) is 9.98. The van der Waals surface area contributed by atoms with E-state index in [4.69, 9.17) is 9.68 Å². The smallest absolute Gasteiger partial charge is 0.336 e. The first-order valence-electron chi connectivity index (χ1n) is 9.21. The van der Waals surface area contributed by atoms with Gasteiger partial charge < -0.3 is 4.42 Å². The van der Waals surface area contributed by atoms with Crippen molar-refractivity contribution in [3.63, 3.8) is 0 Å². The van der Waals surface area contributed by atoms with Gasteiger partial charge in [-0.05, 0) is 73.8 Å². The van der Waals surface area contributed by atoms with Gasteiger partial charge in [-0.15, -0.1) is 0 Å². The van der Waals surface area contributed by atoms with E-state index in [0.717, 1.165) is 28.6 Å². The normalized spacial score (nSPS) is 12.3. The largest absolute Gasteiger partial charge is 0.423 e. The van der Waals surface area contributed by atoms with Crippen LogP contribution in [0.4, 0.5) is 0 Å². The molecule has 1 heterocycles. The van der Waals surface area contributed by atoms with Crippen LogP contribution in [0.3, 0.4) is 0 Å². The molecule has 1 aromatic heterocycles. The fourth-order valence-corrected chi connectivity index (χ4v) is 3.40. The lowest BCUT2D eigenvalue weighted by molar-refractivity contribution is 0.213. The zero-order valence-electron chi connectivity index (χ0n) is 16.2. The molecule has 0 amide bonds. The predicted molar refractivity (Wildman–Crippen MR) is 108 cm³/mol. The SMILES string of the molecule is CCN(Cc1cc(=O)oc2cc(C)c(C)cc12)C(C)c1ccc(C#N)cc1. The summed E-state index contributed by atoms with van der Waals surface area (Å²) >= 11 is 0. The van der Waals surface area contributed by atoms with Gasteiger partial charge in [0, 0.05) is 24.0 Å². The van der Waals surface area contributed by atoms with Crippen LogP contribution in [0.5, 0.6) is 0 Å². The van der Waals surface area contributed by atoms with Crippen LogP contribution in [0.15, 0.2) is 51.7 Å². The fourth-order valence-electron chi connectivity index (χ4n) is 3.40. The second kappa shape index (κ2) is 7.77. The van der Waals surface area contributed by atoms with Gasteiger partial charge in [0.2, 0.25) is 0 Å². The van der Waals surface area contributed by atoms with Crippen molar-refractivity contribution in [3.8, 4) is 6.07 Å². The van der Waals surface area contributed by atoms with Gasteiger partial charge in [0.1, 0.15) is 5.58 Å². The third-order valence-electron chi connectivity index (χ3n) is 5.29. The summed E-state index contributed by atoms with van der Waals surface area (Å²) in [6.07, 6.45) is 0. The lowest BCUT2D eigenvalue weighted by Crippen LogP contribution is -2.27. The minimum Gasteiger partial charge on any atom is -0.423 e. The molecular weight excluding hydrogens is 336 g/mol. The van der Waals surface area contributed by atoms with Crippen LogP contribution in [0, 0.1) is 25.2 Å². The maximum Gasteiger partial charge on any atom is 0.336 e. The minimum atomic E-state index is -0.317. The standard InChI is InChI=1S/C23H24N2O2/c1-5-25(17(4)19-8-6-18(13-24)7-9-19)14-20-12-23(26)27-22-11-16(3)15(2)10-21(20)22/h6-12,17H,5,14H2,1-4H3. The minimum absolute atomic E-state index is 0.164. The summed E-state index contributed by atoms with van der Waals surface area (Å²) in [5.74, 6) is 0. The molecule has 27 heavy (non-hydrogen) atoms. The molecule has 0 aliphatic carbocycles. The molecule has 3 aromatic rings. The maximum absolute atomic E-state index is 12.1. The molecule has 2 aromatic carbocycles. The van der Waals surface area contributed by atoms with E-state index < -0.39 is 0 Å². The summed E-state index contributed by atoms with van der Waals surface area (Å²) in [6, 6.07) is 15.6. The van der Waals surface area contributed by atoms with Crippen LogP contribution in [0.1, 0.15) is 47.7 Å².